The lowest BCUT2D eigenvalue weighted by atomic mass is 9.99. The van der Waals surface area contributed by atoms with E-state index < -0.39 is 0 Å². The van der Waals surface area contributed by atoms with Crippen LogP contribution in [-0.4, -0.2) is 23.0 Å². The van der Waals surface area contributed by atoms with Crippen molar-refractivity contribution in [3.05, 3.63) is 4.88 Å². The highest BCUT2D eigenvalue weighted by molar-refractivity contribution is 7.18. The number of aromatic nitrogens is 1. The number of nitrogens with two attached hydrogens (primary N) is 1. The Morgan fingerprint density at radius 3 is 2.78 bits per heavy atom. The Labute approximate surface area is 111 Å². The van der Waals surface area contributed by atoms with Crippen LogP contribution in [0.2, 0.25) is 0 Å². The summed E-state index contributed by atoms with van der Waals surface area (Å²) in [4.78, 5) is 16.8. The fourth-order valence-electron chi connectivity index (χ4n) is 1.98. The summed E-state index contributed by atoms with van der Waals surface area (Å²) in [5, 5.41) is 6.82. The van der Waals surface area contributed by atoms with E-state index in [0.29, 0.717) is 21.7 Å². The fraction of sp³-hybridized carbons (Fsp3) is 0.667. The Hall–Kier alpha value is -1.30. The third kappa shape index (κ3) is 2.75. The van der Waals surface area contributed by atoms with Gasteiger partial charge >= 0.3 is 0 Å². The molecule has 0 radical (unpaired) electrons. The molecule has 0 aromatic carbocycles. The number of nitrogens with zero attached hydrogens (tertiary/aromatic N) is 1. The normalized spacial score (nSPS) is 15.5. The van der Waals surface area contributed by atoms with Crippen LogP contribution in [-0.2, 0) is 0 Å². The molecule has 1 aliphatic carbocycles. The third-order valence-corrected chi connectivity index (χ3v) is 4.25. The molecule has 0 saturated heterocycles. The van der Waals surface area contributed by atoms with Gasteiger partial charge in [-0.15, -0.1) is 0 Å². The number of hydrogen-bond donors (Lipinski definition) is 3. The lowest BCUT2D eigenvalue weighted by molar-refractivity contribution is 0.0908. The maximum atomic E-state index is 12.2. The monoisotopic (exact) mass is 268 g/mol. The number of hydrogen-bond acceptors (Lipinski definition) is 5. The Balaban J connectivity index is 2.08. The van der Waals surface area contributed by atoms with E-state index >= 15 is 0 Å². The number of rotatable bonds is 5. The first kappa shape index (κ1) is 13.1. The Morgan fingerprint density at radius 1 is 1.56 bits per heavy atom. The van der Waals surface area contributed by atoms with Crippen molar-refractivity contribution in [3.8, 4) is 0 Å². The molecule has 1 heterocycles. The van der Waals surface area contributed by atoms with Gasteiger partial charge in [-0.3, -0.25) is 4.79 Å². The molecule has 0 atom stereocenters. The summed E-state index contributed by atoms with van der Waals surface area (Å²) < 4.78 is 0. The largest absolute Gasteiger partial charge is 0.382 e. The zero-order valence-corrected chi connectivity index (χ0v) is 11.9. The first-order chi connectivity index (χ1) is 8.44. The molecule has 0 aliphatic heterocycles. The minimum atomic E-state index is -0.161. The van der Waals surface area contributed by atoms with Crippen LogP contribution in [0.5, 0.6) is 0 Å². The van der Waals surface area contributed by atoms with Crippen molar-refractivity contribution < 1.29 is 4.79 Å². The van der Waals surface area contributed by atoms with Crippen molar-refractivity contribution >= 4 is 28.2 Å². The van der Waals surface area contributed by atoms with E-state index in [0.717, 1.165) is 6.54 Å². The molecule has 1 fully saturated rings. The zero-order valence-electron chi connectivity index (χ0n) is 11.0. The zero-order chi connectivity index (χ0) is 13.3. The average Bonchev–Trinajstić information content (AvgIpc) is 3.04. The van der Waals surface area contributed by atoms with Gasteiger partial charge in [0.05, 0.1) is 0 Å². The summed E-state index contributed by atoms with van der Waals surface area (Å²) in [6.07, 6.45) is 2.38. The molecule has 0 unspecified atom stereocenters. The van der Waals surface area contributed by atoms with E-state index in [4.69, 9.17) is 5.73 Å². The molecule has 0 bridgehead atoms. The van der Waals surface area contributed by atoms with E-state index in [1.807, 2.05) is 6.92 Å². The van der Waals surface area contributed by atoms with Crippen LogP contribution in [0.15, 0.2) is 0 Å². The number of anilines is 2. The van der Waals surface area contributed by atoms with Crippen LogP contribution in [0.3, 0.4) is 0 Å². The molecule has 5 nitrogen and oxygen atoms in total. The Morgan fingerprint density at radius 2 is 2.22 bits per heavy atom. The van der Waals surface area contributed by atoms with E-state index in [9.17, 15) is 4.79 Å². The quantitative estimate of drug-likeness (QED) is 0.763. The second-order valence-corrected chi connectivity index (χ2v) is 6.21. The van der Waals surface area contributed by atoms with Crippen LogP contribution >= 0.6 is 11.3 Å². The van der Waals surface area contributed by atoms with Gasteiger partial charge in [0, 0.05) is 12.1 Å². The Kier molecular flexibility index (Phi) is 3.47. The van der Waals surface area contributed by atoms with Crippen molar-refractivity contribution in [1.29, 1.82) is 0 Å². The number of carbonyl (C=O) groups excluding carboxylic acids is 1. The molecule has 2 rings (SSSR count). The molecular weight excluding hydrogens is 248 g/mol. The van der Waals surface area contributed by atoms with E-state index in [2.05, 4.69) is 29.5 Å². The van der Waals surface area contributed by atoms with E-state index in [1.54, 1.807) is 0 Å². The molecular formula is C12H20N4OS. The summed E-state index contributed by atoms with van der Waals surface area (Å²) in [5.41, 5.74) is 5.62. The summed E-state index contributed by atoms with van der Waals surface area (Å²) in [6, 6.07) is 0. The molecule has 1 aliphatic rings. The lowest BCUT2D eigenvalue weighted by Crippen LogP contribution is -2.45. The second-order valence-electron chi connectivity index (χ2n) is 5.21. The van der Waals surface area contributed by atoms with Crippen molar-refractivity contribution in [2.75, 3.05) is 17.6 Å². The van der Waals surface area contributed by atoms with Gasteiger partial charge < -0.3 is 16.4 Å². The minimum Gasteiger partial charge on any atom is -0.382 e. The standard InChI is InChI=1S/C12H20N4OS/c1-4-14-11-15-9(13)8(18-11)10(17)16-12(2,3)7-5-6-7/h7H,4-6,13H2,1-3H3,(H,14,15)(H,16,17). The molecule has 1 amide bonds. The van der Waals surface area contributed by atoms with Crippen molar-refractivity contribution in [2.24, 2.45) is 5.92 Å². The highest BCUT2D eigenvalue weighted by Crippen LogP contribution is 2.39. The highest BCUT2D eigenvalue weighted by atomic mass is 32.1. The molecule has 1 aromatic rings. The highest BCUT2D eigenvalue weighted by Gasteiger charge is 2.39. The van der Waals surface area contributed by atoms with Gasteiger partial charge in [0.25, 0.3) is 5.91 Å². The van der Waals surface area contributed by atoms with Crippen molar-refractivity contribution in [1.82, 2.24) is 10.3 Å². The molecule has 4 N–H and O–H groups in total. The predicted molar refractivity (Wildman–Crippen MR) is 75.0 cm³/mol. The summed E-state index contributed by atoms with van der Waals surface area (Å²) in [5.74, 6) is 0.773. The number of carbonyl (C=O) groups is 1. The number of nitrogen functional groups attached to an aromatic ring is 1. The minimum absolute atomic E-state index is 0.119. The van der Waals surface area contributed by atoms with Crippen molar-refractivity contribution in [3.63, 3.8) is 0 Å². The second kappa shape index (κ2) is 4.76. The maximum Gasteiger partial charge on any atom is 0.265 e. The summed E-state index contributed by atoms with van der Waals surface area (Å²) in [7, 11) is 0. The first-order valence-electron chi connectivity index (χ1n) is 6.26. The number of nitrogens with one attached hydrogen (secondary N) is 2. The van der Waals surface area contributed by atoms with E-state index in [1.165, 1.54) is 24.2 Å². The Bertz CT molecular complexity index is 451. The SMILES string of the molecule is CCNc1nc(N)c(C(=O)NC(C)(C)C2CC2)s1. The maximum absolute atomic E-state index is 12.2. The molecule has 100 valence electrons. The summed E-state index contributed by atoms with van der Waals surface area (Å²) in [6.45, 7) is 6.87. The van der Waals surface area contributed by atoms with Gasteiger partial charge in [0.2, 0.25) is 0 Å². The van der Waals surface area contributed by atoms with Gasteiger partial charge in [-0.05, 0) is 39.5 Å². The average molecular weight is 268 g/mol. The molecule has 1 aromatic heterocycles. The van der Waals surface area contributed by atoms with Gasteiger partial charge in [-0.2, -0.15) is 0 Å². The first-order valence-corrected chi connectivity index (χ1v) is 7.08. The molecule has 18 heavy (non-hydrogen) atoms. The lowest BCUT2D eigenvalue weighted by Gasteiger charge is -2.25. The smallest absolute Gasteiger partial charge is 0.265 e. The van der Waals surface area contributed by atoms with Crippen LogP contribution in [0, 0.1) is 5.92 Å². The molecule has 1 saturated carbocycles. The van der Waals surface area contributed by atoms with Crippen LogP contribution < -0.4 is 16.4 Å². The van der Waals surface area contributed by atoms with Crippen LogP contribution in [0.4, 0.5) is 10.9 Å². The van der Waals surface area contributed by atoms with Gasteiger partial charge in [-0.1, -0.05) is 11.3 Å². The van der Waals surface area contributed by atoms with E-state index in [-0.39, 0.29) is 11.4 Å². The number of thiazole rings is 1. The summed E-state index contributed by atoms with van der Waals surface area (Å²) >= 11 is 1.31. The number of amides is 1. The van der Waals surface area contributed by atoms with Crippen molar-refractivity contribution in [2.45, 2.75) is 39.2 Å². The fourth-order valence-corrected chi connectivity index (χ4v) is 2.83. The van der Waals surface area contributed by atoms with Gasteiger partial charge in [-0.25, -0.2) is 4.98 Å². The van der Waals surface area contributed by atoms with Gasteiger partial charge in [0.15, 0.2) is 5.13 Å². The van der Waals surface area contributed by atoms with Crippen LogP contribution in [0.1, 0.15) is 43.3 Å². The molecule has 6 heteroatoms. The molecule has 0 spiro atoms. The topological polar surface area (TPSA) is 80.0 Å². The third-order valence-electron chi connectivity index (χ3n) is 3.22. The van der Waals surface area contributed by atoms with Crippen LogP contribution in [0.25, 0.3) is 0 Å². The van der Waals surface area contributed by atoms with Gasteiger partial charge in [0.1, 0.15) is 10.7 Å². The predicted octanol–water partition coefficient (Wildman–Crippen LogP) is 2.08.